The van der Waals surface area contributed by atoms with Gasteiger partial charge in [0.15, 0.2) is 0 Å². The van der Waals surface area contributed by atoms with Crippen LogP contribution in [0.5, 0.6) is 0 Å². The number of ether oxygens (including phenoxy) is 2. The maximum absolute atomic E-state index is 13.8. The fourth-order valence-electron chi connectivity index (χ4n) is 4.71. The second-order valence-electron chi connectivity index (χ2n) is 9.21. The van der Waals surface area contributed by atoms with Crippen molar-refractivity contribution in [1.29, 1.82) is 0 Å². The summed E-state index contributed by atoms with van der Waals surface area (Å²) in [5.74, 6) is -11.4. The molecule has 38 heavy (non-hydrogen) atoms. The molecular weight excluding hydrogens is 508 g/mol. The molecule has 0 N–H and O–H groups in total. The van der Waals surface area contributed by atoms with Crippen molar-refractivity contribution >= 4 is 18.0 Å². The average Bonchev–Trinajstić information content (AvgIpc) is 3.32. The first kappa shape index (κ1) is 27.2. The van der Waals surface area contributed by atoms with E-state index in [0.717, 1.165) is 34.2 Å². The lowest BCUT2D eigenvalue weighted by Crippen LogP contribution is -2.50. The van der Waals surface area contributed by atoms with Gasteiger partial charge in [0.1, 0.15) is 19.3 Å². The molecule has 0 bridgehead atoms. The van der Waals surface area contributed by atoms with E-state index < -0.39 is 55.4 Å². The van der Waals surface area contributed by atoms with Crippen molar-refractivity contribution in [3.05, 3.63) is 72.3 Å². The molecule has 11 heteroatoms. The molecule has 1 heterocycles. The van der Waals surface area contributed by atoms with Gasteiger partial charge in [-0.25, -0.2) is 4.79 Å². The molecule has 2 aliphatic rings. The highest BCUT2D eigenvalue weighted by Gasteiger charge is 2.64. The molecule has 2 aromatic carbocycles. The summed E-state index contributed by atoms with van der Waals surface area (Å²) >= 11 is 0. The third kappa shape index (κ3) is 5.09. The van der Waals surface area contributed by atoms with Gasteiger partial charge in [-0.15, -0.1) is 0 Å². The van der Waals surface area contributed by atoms with Gasteiger partial charge in [0.2, 0.25) is 5.91 Å². The molecule has 4 rings (SSSR count). The second-order valence-corrected chi connectivity index (χ2v) is 9.21. The van der Waals surface area contributed by atoms with Crippen molar-refractivity contribution < 1.29 is 41.4 Å². The second kappa shape index (κ2) is 10.5. The number of likely N-dealkylation sites (tertiary alicyclic amines) is 1. The van der Waals surface area contributed by atoms with Gasteiger partial charge in [0.25, 0.3) is 0 Å². The molecule has 0 aromatic heterocycles. The Labute approximate surface area is 216 Å². The topological polar surface area (TPSA) is 76.2 Å². The highest BCUT2D eigenvalue weighted by Crippen LogP contribution is 2.45. The van der Waals surface area contributed by atoms with Crippen LogP contribution in [0, 0.1) is 0 Å². The number of hydrogen-bond acceptors (Lipinski definition) is 5. The van der Waals surface area contributed by atoms with E-state index >= 15 is 0 Å². The molecule has 1 fully saturated rings. The van der Waals surface area contributed by atoms with Crippen molar-refractivity contribution in [2.24, 2.45) is 0 Å². The normalized spacial score (nSPS) is 17.8. The molecule has 0 unspecified atom stereocenters. The van der Waals surface area contributed by atoms with Crippen molar-refractivity contribution in [3.8, 4) is 11.1 Å². The molecule has 1 saturated heterocycles. The highest BCUT2D eigenvalue weighted by atomic mass is 19.3. The quantitative estimate of drug-likeness (QED) is 0.284. The van der Waals surface area contributed by atoms with E-state index in [1.807, 2.05) is 48.5 Å². The SMILES string of the molecule is C=CCOC(=O)C[C@@H](C(=O)N1CC(F)(F)C(F)(F)C1)N(C)C(=O)OCC1c2ccccc2-c2ccccc21. The molecule has 1 aliphatic heterocycles. The molecule has 1 atom stereocenters. The maximum atomic E-state index is 13.8. The van der Waals surface area contributed by atoms with E-state index in [1.54, 1.807) is 0 Å². The summed E-state index contributed by atoms with van der Waals surface area (Å²) < 4.78 is 65.4. The summed E-state index contributed by atoms with van der Waals surface area (Å²) in [5, 5.41) is 0. The zero-order valence-corrected chi connectivity index (χ0v) is 20.5. The van der Waals surface area contributed by atoms with Gasteiger partial charge in [0.05, 0.1) is 19.5 Å². The Morgan fingerprint density at radius 2 is 1.53 bits per heavy atom. The van der Waals surface area contributed by atoms with Crippen LogP contribution in [0.3, 0.4) is 0 Å². The van der Waals surface area contributed by atoms with Crippen LogP contribution in [0.25, 0.3) is 11.1 Å². The first-order chi connectivity index (χ1) is 18.0. The summed E-state index contributed by atoms with van der Waals surface area (Å²) in [4.78, 5) is 39.3. The van der Waals surface area contributed by atoms with Crippen LogP contribution in [0.1, 0.15) is 23.5 Å². The number of likely N-dealkylation sites (N-methyl/N-ethyl adjacent to an activating group) is 1. The van der Waals surface area contributed by atoms with Gasteiger partial charge >= 0.3 is 23.9 Å². The van der Waals surface area contributed by atoms with Gasteiger partial charge in [-0.05, 0) is 22.3 Å². The first-order valence-electron chi connectivity index (χ1n) is 11.9. The molecule has 202 valence electrons. The van der Waals surface area contributed by atoms with Crippen LogP contribution in [0.15, 0.2) is 61.2 Å². The number of halogens is 4. The zero-order valence-electron chi connectivity index (χ0n) is 20.5. The van der Waals surface area contributed by atoms with E-state index in [9.17, 15) is 31.9 Å². The van der Waals surface area contributed by atoms with Gasteiger partial charge in [-0.1, -0.05) is 61.2 Å². The lowest BCUT2D eigenvalue weighted by molar-refractivity contribution is -0.172. The number of alkyl halides is 4. The van der Waals surface area contributed by atoms with Crippen molar-refractivity contribution in [3.63, 3.8) is 0 Å². The standard InChI is InChI=1S/C27H26F4N2O5/c1-3-12-37-23(34)13-22(24(35)33-15-26(28,29)27(30,31)16-33)32(2)25(36)38-14-21-19-10-6-4-8-17(19)18-9-5-7-11-20(18)21/h3-11,21-22H,1,12-16H2,2H3/t22-/m0/s1. The summed E-state index contributed by atoms with van der Waals surface area (Å²) in [6.45, 7) is -0.00876. The average molecular weight is 535 g/mol. The van der Waals surface area contributed by atoms with Gasteiger partial charge in [-0.3, -0.25) is 14.5 Å². The number of carbonyl (C=O) groups excluding carboxylic acids is 3. The molecule has 0 saturated carbocycles. The Kier molecular flexibility index (Phi) is 7.48. The predicted octanol–water partition coefficient (Wildman–Crippen LogP) is 4.47. The van der Waals surface area contributed by atoms with Gasteiger partial charge < -0.3 is 14.4 Å². The predicted molar refractivity (Wildman–Crippen MR) is 129 cm³/mol. The molecule has 2 amide bonds. The summed E-state index contributed by atoms with van der Waals surface area (Å²) in [6.07, 6.45) is -0.508. The Morgan fingerprint density at radius 1 is 1.00 bits per heavy atom. The molecular formula is C27H26F4N2O5. The lowest BCUT2D eigenvalue weighted by atomic mass is 9.98. The zero-order chi connectivity index (χ0) is 27.7. The van der Waals surface area contributed by atoms with E-state index in [2.05, 4.69) is 6.58 Å². The Hall–Kier alpha value is -3.89. The monoisotopic (exact) mass is 534 g/mol. The fourth-order valence-corrected chi connectivity index (χ4v) is 4.71. The van der Waals surface area contributed by atoms with Crippen molar-refractivity contribution in [1.82, 2.24) is 9.80 Å². The third-order valence-corrected chi connectivity index (χ3v) is 6.72. The molecule has 0 radical (unpaired) electrons. The van der Waals surface area contributed by atoms with Gasteiger partial charge in [-0.2, -0.15) is 17.6 Å². The summed E-state index contributed by atoms with van der Waals surface area (Å²) in [6, 6.07) is 13.5. The summed E-state index contributed by atoms with van der Waals surface area (Å²) in [5.41, 5.74) is 3.86. The minimum absolute atomic E-state index is 0.112. The number of amides is 2. The number of esters is 1. The first-order valence-corrected chi connectivity index (χ1v) is 11.9. The summed E-state index contributed by atoms with van der Waals surface area (Å²) in [7, 11) is 1.13. The number of rotatable bonds is 8. The Balaban J connectivity index is 1.51. The van der Waals surface area contributed by atoms with Crippen LogP contribution in [-0.4, -0.2) is 79.0 Å². The largest absolute Gasteiger partial charge is 0.461 e. The van der Waals surface area contributed by atoms with E-state index in [4.69, 9.17) is 9.47 Å². The maximum Gasteiger partial charge on any atom is 0.410 e. The van der Waals surface area contributed by atoms with Crippen LogP contribution >= 0.6 is 0 Å². The van der Waals surface area contributed by atoms with Crippen LogP contribution in [0.4, 0.5) is 22.4 Å². The molecule has 7 nitrogen and oxygen atoms in total. The van der Waals surface area contributed by atoms with E-state index in [0.29, 0.717) is 0 Å². The molecule has 1 aliphatic carbocycles. The lowest BCUT2D eigenvalue weighted by Gasteiger charge is -2.29. The van der Waals surface area contributed by atoms with E-state index in [-0.39, 0.29) is 24.0 Å². The number of nitrogens with zero attached hydrogens (tertiary/aromatic N) is 2. The number of hydrogen-bond donors (Lipinski definition) is 0. The van der Waals surface area contributed by atoms with Crippen LogP contribution < -0.4 is 0 Å². The van der Waals surface area contributed by atoms with E-state index in [1.165, 1.54) is 6.08 Å². The molecule has 2 aromatic rings. The van der Waals surface area contributed by atoms with Crippen LogP contribution in [0.2, 0.25) is 0 Å². The van der Waals surface area contributed by atoms with Gasteiger partial charge in [0, 0.05) is 13.0 Å². The van der Waals surface area contributed by atoms with Crippen molar-refractivity contribution in [2.45, 2.75) is 30.2 Å². The Morgan fingerprint density at radius 3 is 2.05 bits per heavy atom. The number of benzene rings is 2. The minimum Gasteiger partial charge on any atom is -0.461 e. The van der Waals surface area contributed by atoms with Crippen LogP contribution in [-0.2, 0) is 19.1 Å². The fraction of sp³-hybridized carbons (Fsp3) is 0.370. The third-order valence-electron chi connectivity index (χ3n) is 6.72. The number of carbonyl (C=O) groups is 3. The smallest absolute Gasteiger partial charge is 0.410 e. The minimum atomic E-state index is -4.45. The highest BCUT2D eigenvalue weighted by molar-refractivity contribution is 5.90. The molecule has 0 spiro atoms. The Bertz CT molecular complexity index is 1190. The number of fused-ring (bicyclic) bond motifs is 3. The van der Waals surface area contributed by atoms with Crippen molar-refractivity contribution in [2.75, 3.05) is 33.4 Å².